The average Bonchev–Trinajstić information content (AvgIpc) is 2.57. The molecule has 0 aliphatic heterocycles. The second kappa shape index (κ2) is 3.55. The Morgan fingerprint density at radius 3 is 2.64 bits per heavy atom. The maximum Gasteiger partial charge on any atom is 0.170 e. The smallest absolute Gasteiger partial charge is 0.170 e. The number of hydrogen-bond donors (Lipinski definition) is 0. The van der Waals surface area contributed by atoms with Crippen molar-refractivity contribution in [1.29, 1.82) is 0 Å². The highest BCUT2D eigenvalue weighted by Gasteiger charge is 2.07. The van der Waals surface area contributed by atoms with Gasteiger partial charge >= 0.3 is 0 Å². The zero-order valence-corrected chi connectivity index (χ0v) is 8.79. The van der Waals surface area contributed by atoms with Crippen LogP contribution in [0.4, 0.5) is 0 Å². The number of aromatic nitrogens is 4. The van der Waals surface area contributed by atoms with Crippen LogP contribution in [0.1, 0.15) is 0 Å². The maximum absolute atomic E-state index is 5.82. The summed E-state index contributed by atoms with van der Waals surface area (Å²) in [7, 11) is 1.82. The van der Waals surface area contributed by atoms with Crippen LogP contribution < -0.4 is 0 Å². The summed E-state index contributed by atoms with van der Waals surface area (Å²) < 4.78 is 1.69. The van der Waals surface area contributed by atoms with Gasteiger partial charge in [0.1, 0.15) is 5.69 Å². The molecule has 2 aromatic heterocycles. The van der Waals surface area contributed by atoms with Crippen molar-refractivity contribution >= 4 is 23.2 Å². The molecule has 0 spiro atoms. The lowest BCUT2D eigenvalue weighted by atomic mass is 10.3. The molecule has 14 heavy (non-hydrogen) atoms. The lowest BCUT2D eigenvalue weighted by molar-refractivity contribution is 0.771. The predicted octanol–water partition coefficient (Wildman–Crippen LogP) is 2.18. The van der Waals surface area contributed by atoms with Gasteiger partial charge in [-0.3, -0.25) is 4.68 Å². The van der Waals surface area contributed by atoms with Gasteiger partial charge in [0.15, 0.2) is 5.15 Å². The fourth-order valence-electron chi connectivity index (χ4n) is 1.10. The first-order chi connectivity index (χ1) is 6.68. The zero-order chi connectivity index (χ0) is 10.1. The largest absolute Gasteiger partial charge is 0.266 e. The van der Waals surface area contributed by atoms with Crippen LogP contribution in [0.3, 0.4) is 0 Å². The molecule has 0 fully saturated rings. The molecular formula is C8H6Cl2N4. The highest BCUT2D eigenvalue weighted by atomic mass is 35.5. The Hall–Kier alpha value is -1.13. The maximum atomic E-state index is 5.82. The third-order valence-corrected chi connectivity index (χ3v) is 2.45. The van der Waals surface area contributed by atoms with E-state index in [0.717, 1.165) is 5.69 Å². The molecule has 0 amide bonds. The van der Waals surface area contributed by atoms with E-state index in [1.54, 1.807) is 16.9 Å². The first-order valence-electron chi connectivity index (χ1n) is 3.85. The van der Waals surface area contributed by atoms with Crippen molar-refractivity contribution < 1.29 is 0 Å². The van der Waals surface area contributed by atoms with Gasteiger partial charge in [-0.25, -0.2) is 0 Å². The number of aryl methyl sites for hydroxylation is 1. The first kappa shape index (κ1) is 9.43. The molecule has 0 aromatic carbocycles. The standard InChI is InChI=1S/C8H6Cl2N4/c1-14-7(2-3-11-14)6-4-5(9)8(10)13-12-6/h2-4H,1H3. The second-order valence-corrected chi connectivity index (χ2v) is 3.47. The van der Waals surface area contributed by atoms with E-state index in [1.165, 1.54) is 0 Å². The van der Waals surface area contributed by atoms with Crippen molar-refractivity contribution in [1.82, 2.24) is 20.0 Å². The molecule has 0 bridgehead atoms. The van der Waals surface area contributed by atoms with E-state index in [9.17, 15) is 0 Å². The van der Waals surface area contributed by atoms with Gasteiger partial charge in [0.2, 0.25) is 0 Å². The van der Waals surface area contributed by atoms with Crippen LogP contribution in [0, 0.1) is 0 Å². The van der Waals surface area contributed by atoms with Crippen molar-refractivity contribution in [3.8, 4) is 11.4 Å². The number of hydrogen-bond acceptors (Lipinski definition) is 3. The van der Waals surface area contributed by atoms with Crippen molar-refractivity contribution in [2.24, 2.45) is 7.05 Å². The summed E-state index contributed by atoms with van der Waals surface area (Å²) in [6, 6.07) is 3.49. The van der Waals surface area contributed by atoms with E-state index in [1.807, 2.05) is 13.1 Å². The van der Waals surface area contributed by atoms with E-state index in [0.29, 0.717) is 10.7 Å². The van der Waals surface area contributed by atoms with Crippen LogP contribution in [0.25, 0.3) is 11.4 Å². The van der Waals surface area contributed by atoms with Gasteiger partial charge in [0.05, 0.1) is 10.7 Å². The molecule has 6 heteroatoms. The normalized spacial score (nSPS) is 10.5. The highest BCUT2D eigenvalue weighted by Crippen LogP contribution is 2.23. The van der Waals surface area contributed by atoms with Crippen LogP contribution >= 0.6 is 23.2 Å². The van der Waals surface area contributed by atoms with E-state index in [-0.39, 0.29) is 5.15 Å². The van der Waals surface area contributed by atoms with Gasteiger partial charge in [0, 0.05) is 13.2 Å². The summed E-state index contributed by atoms with van der Waals surface area (Å²) in [5.74, 6) is 0. The molecule has 72 valence electrons. The third kappa shape index (κ3) is 1.58. The third-order valence-electron chi connectivity index (χ3n) is 1.79. The molecule has 0 aliphatic carbocycles. The van der Waals surface area contributed by atoms with Gasteiger partial charge in [-0.2, -0.15) is 5.10 Å². The summed E-state index contributed by atoms with van der Waals surface area (Å²) >= 11 is 11.5. The summed E-state index contributed by atoms with van der Waals surface area (Å²) in [6.07, 6.45) is 1.68. The van der Waals surface area contributed by atoms with Gasteiger partial charge < -0.3 is 0 Å². The Labute approximate surface area is 90.5 Å². The fraction of sp³-hybridized carbons (Fsp3) is 0.125. The summed E-state index contributed by atoms with van der Waals surface area (Å²) in [5.41, 5.74) is 1.50. The van der Waals surface area contributed by atoms with E-state index in [2.05, 4.69) is 15.3 Å². The zero-order valence-electron chi connectivity index (χ0n) is 7.28. The van der Waals surface area contributed by atoms with Crippen molar-refractivity contribution in [2.45, 2.75) is 0 Å². The summed E-state index contributed by atoms with van der Waals surface area (Å²) in [5, 5.41) is 12.2. The molecule has 0 saturated carbocycles. The van der Waals surface area contributed by atoms with Gasteiger partial charge in [0.25, 0.3) is 0 Å². The molecule has 2 aromatic rings. The quantitative estimate of drug-likeness (QED) is 0.752. The molecule has 0 saturated heterocycles. The Balaban J connectivity index is 2.53. The lowest BCUT2D eigenvalue weighted by Crippen LogP contribution is -1.96. The topological polar surface area (TPSA) is 43.6 Å². The Morgan fingerprint density at radius 2 is 2.07 bits per heavy atom. The molecule has 2 heterocycles. The molecule has 2 rings (SSSR count). The Bertz CT molecular complexity index is 466. The second-order valence-electron chi connectivity index (χ2n) is 2.71. The van der Waals surface area contributed by atoms with Gasteiger partial charge in [-0.15, -0.1) is 10.2 Å². The average molecular weight is 229 g/mol. The first-order valence-corrected chi connectivity index (χ1v) is 4.61. The number of nitrogens with zero attached hydrogens (tertiary/aromatic N) is 4. The Morgan fingerprint density at radius 1 is 1.29 bits per heavy atom. The van der Waals surface area contributed by atoms with Gasteiger partial charge in [-0.05, 0) is 12.1 Å². The number of rotatable bonds is 1. The Kier molecular flexibility index (Phi) is 2.39. The van der Waals surface area contributed by atoms with E-state index >= 15 is 0 Å². The van der Waals surface area contributed by atoms with E-state index < -0.39 is 0 Å². The van der Waals surface area contributed by atoms with Gasteiger partial charge in [-0.1, -0.05) is 23.2 Å². The van der Waals surface area contributed by atoms with Crippen molar-refractivity contribution in [3.63, 3.8) is 0 Å². The predicted molar refractivity (Wildman–Crippen MR) is 54.3 cm³/mol. The van der Waals surface area contributed by atoms with Crippen LogP contribution in [0.5, 0.6) is 0 Å². The monoisotopic (exact) mass is 228 g/mol. The van der Waals surface area contributed by atoms with Crippen LogP contribution in [-0.2, 0) is 7.05 Å². The highest BCUT2D eigenvalue weighted by molar-refractivity contribution is 6.41. The molecular weight excluding hydrogens is 223 g/mol. The lowest BCUT2D eigenvalue weighted by Gasteiger charge is -2.00. The summed E-state index contributed by atoms with van der Waals surface area (Å²) in [4.78, 5) is 0. The number of halogens is 2. The van der Waals surface area contributed by atoms with Crippen LogP contribution in [-0.4, -0.2) is 20.0 Å². The minimum Gasteiger partial charge on any atom is -0.266 e. The molecule has 0 radical (unpaired) electrons. The van der Waals surface area contributed by atoms with E-state index in [4.69, 9.17) is 23.2 Å². The molecule has 4 nitrogen and oxygen atoms in total. The van der Waals surface area contributed by atoms with Crippen molar-refractivity contribution in [3.05, 3.63) is 28.5 Å². The molecule has 0 unspecified atom stereocenters. The van der Waals surface area contributed by atoms with Crippen molar-refractivity contribution in [2.75, 3.05) is 0 Å². The minimum absolute atomic E-state index is 0.206. The molecule has 0 atom stereocenters. The molecule has 0 aliphatic rings. The fourth-order valence-corrected chi connectivity index (χ4v) is 1.34. The summed E-state index contributed by atoms with van der Waals surface area (Å²) in [6.45, 7) is 0. The van der Waals surface area contributed by atoms with Crippen LogP contribution in [0.2, 0.25) is 10.2 Å². The minimum atomic E-state index is 0.206. The van der Waals surface area contributed by atoms with Crippen LogP contribution in [0.15, 0.2) is 18.3 Å². The molecule has 0 N–H and O–H groups in total. The SMILES string of the molecule is Cn1nccc1-c1cc(Cl)c(Cl)nn1.